The van der Waals surface area contributed by atoms with Gasteiger partial charge in [-0.05, 0) is 35.4 Å². The van der Waals surface area contributed by atoms with E-state index in [1.807, 2.05) is 43.3 Å². The van der Waals surface area contributed by atoms with Crippen molar-refractivity contribution in [1.29, 1.82) is 10.5 Å². The Hall–Kier alpha value is -3.19. The zero-order chi connectivity index (χ0) is 20.9. The molecule has 1 aliphatic heterocycles. The van der Waals surface area contributed by atoms with E-state index in [9.17, 15) is 10.1 Å². The number of nitriles is 2. The van der Waals surface area contributed by atoms with Gasteiger partial charge >= 0.3 is 0 Å². The number of likely N-dealkylation sites (tertiary alicyclic amines) is 1. The van der Waals surface area contributed by atoms with Crippen LogP contribution in [-0.2, 0) is 16.0 Å². The Labute approximate surface area is 171 Å². The van der Waals surface area contributed by atoms with E-state index >= 15 is 0 Å². The molecule has 2 aromatic rings. The number of ether oxygens (including phenoxy) is 1. The van der Waals surface area contributed by atoms with Gasteiger partial charge in [0.25, 0.3) is 5.91 Å². The minimum atomic E-state index is -0.857. The number of carbonyl (C=O) groups excluding carboxylic acids is 1. The second-order valence-corrected chi connectivity index (χ2v) is 7.25. The number of hydrogen-bond donors (Lipinski definition) is 1. The van der Waals surface area contributed by atoms with Crippen molar-refractivity contribution in [3.8, 4) is 23.3 Å². The molecule has 1 amide bonds. The van der Waals surface area contributed by atoms with Gasteiger partial charge in [-0.25, -0.2) is 0 Å². The fraction of sp³-hybridized carbons (Fsp3) is 0.348. The van der Waals surface area contributed by atoms with Crippen molar-refractivity contribution >= 4 is 5.91 Å². The number of amides is 1. The third kappa shape index (κ3) is 4.46. The molecule has 1 heterocycles. The zero-order valence-corrected chi connectivity index (χ0v) is 16.7. The quantitative estimate of drug-likeness (QED) is 0.787. The van der Waals surface area contributed by atoms with Crippen LogP contribution in [0.5, 0.6) is 0 Å². The highest BCUT2D eigenvalue weighted by Crippen LogP contribution is 2.25. The Kier molecular flexibility index (Phi) is 6.29. The molecule has 1 fully saturated rings. The Balaban J connectivity index is 1.63. The van der Waals surface area contributed by atoms with Gasteiger partial charge in [0.1, 0.15) is 6.04 Å². The van der Waals surface area contributed by atoms with Gasteiger partial charge < -0.3 is 10.1 Å². The van der Waals surface area contributed by atoms with Crippen LogP contribution in [0.4, 0.5) is 0 Å². The summed E-state index contributed by atoms with van der Waals surface area (Å²) in [6, 6.07) is 18.9. The fourth-order valence-electron chi connectivity index (χ4n) is 3.49. The SMILES string of the molecule is CCN1CC(OC)(C(=O)N[C@H](C#N)Cc2ccc(-c3ccc(C#N)cc3)cc2)C1. The first-order chi connectivity index (χ1) is 14.0. The third-order valence-corrected chi connectivity index (χ3v) is 5.41. The van der Waals surface area contributed by atoms with Crippen molar-refractivity contribution in [2.24, 2.45) is 0 Å². The van der Waals surface area contributed by atoms with Crippen molar-refractivity contribution in [1.82, 2.24) is 10.2 Å². The van der Waals surface area contributed by atoms with E-state index in [4.69, 9.17) is 10.00 Å². The monoisotopic (exact) mass is 388 g/mol. The van der Waals surface area contributed by atoms with Crippen molar-refractivity contribution < 1.29 is 9.53 Å². The molecular weight excluding hydrogens is 364 g/mol. The first-order valence-corrected chi connectivity index (χ1v) is 9.61. The summed E-state index contributed by atoms with van der Waals surface area (Å²) in [5.41, 5.74) is 2.78. The third-order valence-electron chi connectivity index (χ3n) is 5.41. The van der Waals surface area contributed by atoms with E-state index in [-0.39, 0.29) is 5.91 Å². The van der Waals surface area contributed by atoms with Crippen molar-refractivity contribution in [2.75, 3.05) is 26.7 Å². The number of rotatable bonds is 7. The summed E-state index contributed by atoms with van der Waals surface area (Å²) < 4.78 is 5.46. The van der Waals surface area contributed by atoms with Crippen LogP contribution in [0.1, 0.15) is 18.1 Å². The molecule has 0 aliphatic carbocycles. The average Bonchev–Trinajstić information content (AvgIpc) is 2.73. The highest BCUT2D eigenvalue weighted by atomic mass is 16.5. The standard InChI is InChI=1S/C23H24N4O2/c1-3-27-15-23(16-27,29-2)22(28)26-21(14-25)12-17-4-8-19(9-5-17)20-10-6-18(13-24)7-11-20/h4-11,21H,3,12,15-16H2,1-2H3,(H,26,28)/t21-/m0/s1. The minimum absolute atomic E-state index is 0.231. The molecule has 2 aromatic carbocycles. The lowest BCUT2D eigenvalue weighted by Crippen LogP contribution is -2.70. The lowest BCUT2D eigenvalue weighted by Gasteiger charge is -2.47. The average molecular weight is 388 g/mol. The topological polar surface area (TPSA) is 89.2 Å². The largest absolute Gasteiger partial charge is 0.366 e. The Morgan fingerprint density at radius 2 is 1.72 bits per heavy atom. The van der Waals surface area contributed by atoms with Crippen LogP contribution in [0, 0.1) is 22.7 Å². The first kappa shape index (κ1) is 20.5. The van der Waals surface area contributed by atoms with Crippen LogP contribution in [0.2, 0.25) is 0 Å². The Morgan fingerprint density at radius 3 is 2.21 bits per heavy atom. The van der Waals surface area contributed by atoms with Gasteiger partial charge in [-0.15, -0.1) is 0 Å². The number of benzene rings is 2. The van der Waals surface area contributed by atoms with Crippen LogP contribution >= 0.6 is 0 Å². The maximum absolute atomic E-state index is 12.7. The van der Waals surface area contributed by atoms with E-state index in [1.54, 1.807) is 12.1 Å². The molecule has 0 spiro atoms. The van der Waals surface area contributed by atoms with E-state index in [0.29, 0.717) is 25.1 Å². The molecule has 1 atom stereocenters. The molecule has 0 saturated carbocycles. The molecule has 1 N–H and O–H groups in total. The summed E-state index contributed by atoms with van der Waals surface area (Å²) in [7, 11) is 1.54. The number of carbonyl (C=O) groups is 1. The second kappa shape index (κ2) is 8.87. The predicted octanol–water partition coefficient (Wildman–Crippen LogP) is 2.50. The number of likely N-dealkylation sites (N-methyl/N-ethyl adjacent to an activating group) is 1. The molecule has 6 nitrogen and oxygen atoms in total. The van der Waals surface area contributed by atoms with Gasteiger partial charge in [-0.1, -0.05) is 43.3 Å². The van der Waals surface area contributed by atoms with Gasteiger partial charge in [0.2, 0.25) is 0 Å². The molecule has 1 aliphatic rings. The van der Waals surface area contributed by atoms with Crippen molar-refractivity contribution in [2.45, 2.75) is 25.0 Å². The summed E-state index contributed by atoms with van der Waals surface area (Å²) in [6.07, 6.45) is 0.424. The van der Waals surface area contributed by atoms with Crippen LogP contribution in [0.25, 0.3) is 11.1 Å². The molecule has 6 heteroatoms. The smallest absolute Gasteiger partial charge is 0.255 e. The number of nitrogens with one attached hydrogen (secondary N) is 1. The van der Waals surface area contributed by atoms with Gasteiger partial charge in [0.05, 0.1) is 17.7 Å². The number of nitrogens with zero attached hydrogens (tertiary/aromatic N) is 3. The van der Waals surface area contributed by atoms with E-state index in [1.165, 1.54) is 7.11 Å². The molecule has 3 rings (SSSR count). The lowest BCUT2D eigenvalue weighted by atomic mass is 9.92. The number of hydrogen-bond acceptors (Lipinski definition) is 5. The summed E-state index contributed by atoms with van der Waals surface area (Å²) in [6.45, 7) is 4.00. The Bertz CT molecular complexity index is 933. The van der Waals surface area contributed by atoms with Crippen LogP contribution in [0.15, 0.2) is 48.5 Å². The minimum Gasteiger partial charge on any atom is -0.366 e. The predicted molar refractivity (Wildman–Crippen MR) is 110 cm³/mol. The van der Waals surface area contributed by atoms with Crippen molar-refractivity contribution in [3.63, 3.8) is 0 Å². The molecule has 0 aromatic heterocycles. The molecule has 1 saturated heterocycles. The van der Waals surface area contributed by atoms with Crippen molar-refractivity contribution in [3.05, 3.63) is 59.7 Å². The van der Waals surface area contributed by atoms with Gasteiger partial charge in [0, 0.05) is 26.6 Å². The molecule has 0 bridgehead atoms. The summed E-state index contributed by atoms with van der Waals surface area (Å²) in [5.74, 6) is -0.231. The van der Waals surface area contributed by atoms with Gasteiger partial charge in [0.15, 0.2) is 5.60 Å². The zero-order valence-electron chi connectivity index (χ0n) is 16.7. The van der Waals surface area contributed by atoms with Gasteiger partial charge in [-0.3, -0.25) is 9.69 Å². The fourth-order valence-corrected chi connectivity index (χ4v) is 3.49. The summed E-state index contributed by atoms with van der Waals surface area (Å²) >= 11 is 0. The van der Waals surface area contributed by atoms with Gasteiger partial charge in [-0.2, -0.15) is 10.5 Å². The van der Waals surface area contributed by atoms with Crippen LogP contribution in [0.3, 0.4) is 0 Å². The highest BCUT2D eigenvalue weighted by Gasteiger charge is 2.49. The van der Waals surface area contributed by atoms with Crippen LogP contribution < -0.4 is 5.32 Å². The molecule has 0 unspecified atom stereocenters. The van der Waals surface area contributed by atoms with E-state index in [2.05, 4.69) is 22.4 Å². The normalized spacial score (nSPS) is 16.1. The second-order valence-electron chi connectivity index (χ2n) is 7.25. The maximum atomic E-state index is 12.7. The first-order valence-electron chi connectivity index (χ1n) is 9.61. The molecule has 148 valence electrons. The highest BCUT2D eigenvalue weighted by molar-refractivity contribution is 5.87. The number of methoxy groups -OCH3 is 1. The summed E-state index contributed by atoms with van der Waals surface area (Å²) in [5, 5.41) is 21.2. The van der Waals surface area contributed by atoms with E-state index in [0.717, 1.165) is 23.2 Å². The van der Waals surface area contributed by atoms with E-state index < -0.39 is 11.6 Å². The molecule has 0 radical (unpaired) electrons. The molecule has 29 heavy (non-hydrogen) atoms. The maximum Gasteiger partial charge on any atom is 0.255 e. The van der Waals surface area contributed by atoms with Crippen LogP contribution in [-0.4, -0.2) is 49.2 Å². The molecular formula is C23H24N4O2. The lowest BCUT2D eigenvalue weighted by molar-refractivity contribution is -0.166. The summed E-state index contributed by atoms with van der Waals surface area (Å²) in [4.78, 5) is 14.8. The Morgan fingerprint density at radius 1 is 1.14 bits per heavy atom.